The van der Waals surface area contributed by atoms with Crippen LogP contribution in [0.3, 0.4) is 0 Å². The molecule has 1 aromatic carbocycles. The minimum Gasteiger partial charge on any atom is -0.338 e. The molecule has 7 heteroatoms. The zero-order valence-electron chi connectivity index (χ0n) is 12.2. The van der Waals surface area contributed by atoms with Crippen LogP contribution in [0.1, 0.15) is 30.1 Å². The zero-order chi connectivity index (χ0) is 15.6. The fourth-order valence-corrected chi connectivity index (χ4v) is 3.20. The zero-order valence-corrected chi connectivity index (χ0v) is 13.1. The Morgan fingerprint density at radius 2 is 2.14 bits per heavy atom. The predicted molar refractivity (Wildman–Crippen MR) is 80.4 cm³/mol. The molecule has 1 unspecified atom stereocenters. The maximum absolute atomic E-state index is 12.3. The van der Waals surface area contributed by atoms with E-state index in [4.69, 9.17) is 5.73 Å². The molecule has 1 aromatic rings. The highest BCUT2D eigenvalue weighted by atomic mass is 32.2. The van der Waals surface area contributed by atoms with E-state index in [-0.39, 0.29) is 22.9 Å². The lowest BCUT2D eigenvalue weighted by Crippen LogP contribution is -2.39. The highest BCUT2D eigenvalue weighted by molar-refractivity contribution is 7.89. The number of nitrogens with zero attached hydrogens (tertiary/aromatic N) is 1. The fraction of sp³-hybridized carbons (Fsp3) is 0.500. The molecule has 2 rings (SSSR count). The van der Waals surface area contributed by atoms with Crippen molar-refractivity contribution in [2.45, 2.75) is 36.7 Å². The summed E-state index contributed by atoms with van der Waals surface area (Å²) in [6.07, 6.45) is 1.74. The molecule has 1 saturated carbocycles. The van der Waals surface area contributed by atoms with Gasteiger partial charge in [0.2, 0.25) is 10.0 Å². The van der Waals surface area contributed by atoms with Crippen molar-refractivity contribution < 1.29 is 13.2 Å². The number of carbonyl (C=O) groups is 1. The molecule has 1 atom stereocenters. The van der Waals surface area contributed by atoms with E-state index in [1.165, 1.54) is 17.0 Å². The monoisotopic (exact) mass is 311 g/mol. The van der Waals surface area contributed by atoms with Crippen LogP contribution in [0.5, 0.6) is 0 Å². The molecule has 1 fully saturated rings. The van der Waals surface area contributed by atoms with Crippen LogP contribution in [0, 0.1) is 0 Å². The average molecular weight is 311 g/mol. The van der Waals surface area contributed by atoms with Crippen molar-refractivity contribution >= 4 is 15.9 Å². The lowest BCUT2D eigenvalue weighted by atomic mass is 10.2. The average Bonchev–Trinajstić information content (AvgIpc) is 3.28. The second kappa shape index (κ2) is 6.13. The summed E-state index contributed by atoms with van der Waals surface area (Å²) in [5, 5.41) is 0. The highest BCUT2D eigenvalue weighted by Crippen LogP contribution is 2.22. The van der Waals surface area contributed by atoms with Gasteiger partial charge in [0.15, 0.2) is 0 Å². The number of nitrogens with two attached hydrogens (primary N) is 1. The number of sulfonamides is 1. The van der Waals surface area contributed by atoms with Gasteiger partial charge in [0.25, 0.3) is 5.91 Å². The summed E-state index contributed by atoms with van der Waals surface area (Å²) in [4.78, 5) is 13.9. The summed E-state index contributed by atoms with van der Waals surface area (Å²) < 4.78 is 26.9. The third-order valence-electron chi connectivity index (χ3n) is 3.61. The second-order valence-corrected chi connectivity index (χ2v) is 7.14. The van der Waals surface area contributed by atoms with Crippen molar-refractivity contribution in [1.82, 2.24) is 9.62 Å². The fourth-order valence-electron chi connectivity index (χ4n) is 1.85. The Morgan fingerprint density at radius 1 is 1.48 bits per heavy atom. The van der Waals surface area contributed by atoms with Gasteiger partial charge in [-0.3, -0.25) is 4.79 Å². The Morgan fingerprint density at radius 3 is 2.71 bits per heavy atom. The quantitative estimate of drug-likeness (QED) is 0.802. The number of hydrogen-bond donors (Lipinski definition) is 2. The normalized spacial score (nSPS) is 16.5. The van der Waals surface area contributed by atoms with Crippen LogP contribution in [-0.4, -0.2) is 44.9 Å². The van der Waals surface area contributed by atoms with E-state index in [0.29, 0.717) is 12.1 Å². The summed E-state index contributed by atoms with van der Waals surface area (Å²) in [5.41, 5.74) is 5.89. The summed E-state index contributed by atoms with van der Waals surface area (Å²) >= 11 is 0. The van der Waals surface area contributed by atoms with Gasteiger partial charge in [-0.25, -0.2) is 13.1 Å². The van der Waals surface area contributed by atoms with E-state index < -0.39 is 10.0 Å². The molecule has 6 nitrogen and oxygen atoms in total. The Hall–Kier alpha value is -1.44. The first-order chi connectivity index (χ1) is 9.85. The first-order valence-corrected chi connectivity index (χ1v) is 8.43. The van der Waals surface area contributed by atoms with E-state index >= 15 is 0 Å². The standard InChI is InChI=1S/C14H21N3O3S/c1-10(9-15)17(2)14(18)11-4-3-5-13(8-11)21(19,20)16-12-6-7-12/h3-5,8,10,12,16H,6-7,9,15H2,1-2H3. The van der Waals surface area contributed by atoms with Crippen LogP contribution in [0.25, 0.3) is 0 Å². The highest BCUT2D eigenvalue weighted by Gasteiger charge is 2.28. The number of hydrogen-bond acceptors (Lipinski definition) is 4. The van der Waals surface area contributed by atoms with E-state index in [0.717, 1.165) is 12.8 Å². The number of likely N-dealkylation sites (N-methyl/N-ethyl adjacent to an activating group) is 1. The summed E-state index contributed by atoms with van der Waals surface area (Å²) in [5.74, 6) is -0.239. The molecule has 0 heterocycles. The molecule has 1 aliphatic rings. The lowest BCUT2D eigenvalue weighted by Gasteiger charge is -2.23. The molecule has 0 saturated heterocycles. The Kier molecular flexibility index (Phi) is 4.65. The van der Waals surface area contributed by atoms with Gasteiger partial charge in [-0.15, -0.1) is 0 Å². The summed E-state index contributed by atoms with van der Waals surface area (Å²) in [6.45, 7) is 2.19. The first kappa shape index (κ1) is 15.9. The van der Waals surface area contributed by atoms with Crippen LogP contribution < -0.4 is 10.5 Å². The SMILES string of the molecule is CC(CN)N(C)C(=O)c1cccc(S(=O)(=O)NC2CC2)c1. The maximum atomic E-state index is 12.3. The summed E-state index contributed by atoms with van der Waals surface area (Å²) in [6, 6.07) is 6.02. The molecular weight excluding hydrogens is 290 g/mol. The smallest absolute Gasteiger partial charge is 0.253 e. The van der Waals surface area contributed by atoms with Crippen molar-refractivity contribution in [2.75, 3.05) is 13.6 Å². The largest absolute Gasteiger partial charge is 0.338 e. The van der Waals surface area contributed by atoms with Gasteiger partial charge in [-0.2, -0.15) is 0 Å². The number of benzene rings is 1. The number of amides is 1. The van der Waals surface area contributed by atoms with Gasteiger partial charge < -0.3 is 10.6 Å². The third kappa shape index (κ3) is 3.81. The molecule has 0 aliphatic heterocycles. The number of rotatable bonds is 6. The molecule has 3 N–H and O–H groups in total. The molecule has 0 spiro atoms. The molecule has 1 amide bonds. The molecule has 0 radical (unpaired) electrons. The van der Waals surface area contributed by atoms with Gasteiger partial charge >= 0.3 is 0 Å². The molecule has 0 aromatic heterocycles. The Labute approximate surface area is 125 Å². The van der Waals surface area contributed by atoms with E-state index in [1.54, 1.807) is 19.2 Å². The van der Waals surface area contributed by atoms with Gasteiger partial charge in [0.1, 0.15) is 0 Å². The van der Waals surface area contributed by atoms with E-state index in [9.17, 15) is 13.2 Å². The Balaban J connectivity index is 2.22. The molecule has 1 aliphatic carbocycles. The van der Waals surface area contributed by atoms with Crippen LogP contribution in [0.4, 0.5) is 0 Å². The van der Waals surface area contributed by atoms with Crippen LogP contribution >= 0.6 is 0 Å². The van der Waals surface area contributed by atoms with Crippen molar-refractivity contribution in [3.05, 3.63) is 29.8 Å². The van der Waals surface area contributed by atoms with Crippen molar-refractivity contribution in [3.63, 3.8) is 0 Å². The first-order valence-electron chi connectivity index (χ1n) is 6.95. The van der Waals surface area contributed by atoms with E-state index in [2.05, 4.69) is 4.72 Å². The van der Waals surface area contributed by atoms with E-state index in [1.807, 2.05) is 6.92 Å². The number of carbonyl (C=O) groups excluding carboxylic acids is 1. The lowest BCUT2D eigenvalue weighted by molar-refractivity contribution is 0.0748. The minimum absolute atomic E-state index is 0.0364. The van der Waals surface area contributed by atoms with Gasteiger partial charge in [-0.1, -0.05) is 6.07 Å². The van der Waals surface area contributed by atoms with Crippen molar-refractivity contribution in [1.29, 1.82) is 0 Å². The second-order valence-electron chi connectivity index (χ2n) is 5.42. The topological polar surface area (TPSA) is 92.5 Å². The van der Waals surface area contributed by atoms with Gasteiger partial charge in [0, 0.05) is 31.2 Å². The summed E-state index contributed by atoms with van der Waals surface area (Å²) in [7, 11) is -1.89. The maximum Gasteiger partial charge on any atom is 0.253 e. The Bertz CT molecular complexity index is 626. The van der Waals surface area contributed by atoms with Crippen molar-refractivity contribution in [2.24, 2.45) is 5.73 Å². The minimum atomic E-state index is -3.55. The van der Waals surface area contributed by atoms with Crippen LogP contribution in [0.2, 0.25) is 0 Å². The van der Waals surface area contributed by atoms with Crippen LogP contribution in [0.15, 0.2) is 29.2 Å². The number of nitrogens with one attached hydrogen (secondary N) is 1. The molecule has 21 heavy (non-hydrogen) atoms. The van der Waals surface area contributed by atoms with Crippen LogP contribution in [-0.2, 0) is 10.0 Å². The molecule has 116 valence electrons. The molecule has 0 bridgehead atoms. The molecular formula is C14H21N3O3S. The van der Waals surface area contributed by atoms with Gasteiger partial charge in [0.05, 0.1) is 4.90 Å². The van der Waals surface area contributed by atoms with Crippen molar-refractivity contribution in [3.8, 4) is 0 Å². The predicted octanol–water partition coefficient (Wildman–Crippen LogP) is 0.546. The van der Waals surface area contributed by atoms with Gasteiger partial charge in [-0.05, 0) is 38.0 Å². The third-order valence-corrected chi connectivity index (χ3v) is 5.13.